The number of thioether (sulfide) groups is 2. The lowest BCUT2D eigenvalue weighted by Gasteiger charge is -2.25. The highest BCUT2D eigenvalue weighted by atomic mass is 32.2. The van der Waals surface area contributed by atoms with Crippen molar-refractivity contribution in [2.75, 3.05) is 23.9 Å². The van der Waals surface area contributed by atoms with Gasteiger partial charge in [-0.25, -0.2) is 4.39 Å². The lowest BCUT2D eigenvalue weighted by Crippen LogP contribution is -2.40. The van der Waals surface area contributed by atoms with Crippen LogP contribution in [0.1, 0.15) is 11.6 Å². The summed E-state index contributed by atoms with van der Waals surface area (Å²) in [6.45, 7) is 0.182. The topological polar surface area (TPSA) is 38.3 Å². The fourth-order valence-corrected chi connectivity index (χ4v) is 5.11. The molecule has 1 aliphatic rings. The minimum absolute atomic E-state index is 0.0168. The first kappa shape index (κ1) is 18.1. The number of para-hydroxylation sites is 1. The lowest BCUT2D eigenvalue weighted by atomic mass is 10.1. The largest absolute Gasteiger partial charge is 0.488 e. The third kappa shape index (κ3) is 5.16. The molecule has 1 amide bonds. The molecule has 1 heterocycles. The standard InChI is InChI=1S/C19H20FNO2S2/c20-15-8-4-5-9-17(15)23-12-16(14-6-2-1-3-7-14)21-19(22)18-13-24-10-11-25-18/h1-9,16,18H,10-13H2,(H,21,22). The molecule has 2 aromatic rings. The number of hydrogen-bond acceptors (Lipinski definition) is 4. The molecule has 0 saturated carbocycles. The van der Waals surface area contributed by atoms with Crippen LogP contribution in [0.2, 0.25) is 0 Å². The van der Waals surface area contributed by atoms with Crippen molar-refractivity contribution in [2.24, 2.45) is 0 Å². The summed E-state index contributed by atoms with van der Waals surface area (Å²) in [5, 5.41) is 3.03. The predicted molar refractivity (Wildman–Crippen MR) is 103 cm³/mol. The number of rotatable bonds is 6. The number of ether oxygens (including phenoxy) is 1. The van der Waals surface area contributed by atoms with Gasteiger partial charge in [-0.15, -0.1) is 11.8 Å². The molecule has 1 N–H and O–H groups in total. The molecule has 2 atom stereocenters. The molecule has 25 heavy (non-hydrogen) atoms. The van der Waals surface area contributed by atoms with Crippen molar-refractivity contribution in [1.82, 2.24) is 5.32 Å². The van der Waals surface area contributed by atoms with Crippen molar-refractivity contribution in [3.63, 3.8) is 0 Å². The summed E-state index contributed by atoms with van der Waals surface area (Å²) in [6.07, 6.45) is 0. The number of amides is 1. The predicted octanol–water partition coefficient (Wildman–Crippen LogP) is 3.91. The van der Waals surface area contributed by atoms with Crippen LogP contribution in [0.15, 0.2) is 54.6 Å². The van der Waals surface area contributed by atoms with E-state index in [2.05, 4.69) is 5.32 Å². The fraction of sp³-hybridized carbons (Fsp3) is 0.316. The van der Waals surface area contributed by atoms with Crippen LogP contribution in [0.25, 0.3) is 0 Å². The van der Waals surface area contributed by atoms with Gasteiger partial charge in [0.15, 0.2) is 11.6 Å². The number of carbonyl (C=O) groups is 1. The van der Waals surface area contributed by atoms with Gasteiger partial charge in [0, 0.05) is 17.3 Å². The lowest BCUT2D eigenvalue weighted by molar-refractivity contribution is -0.121. The Bertz CT molecular complexity index is 693. The summed E-state index contributed by atoms with van der Waals surface area (Å²) in [5.74, 6) is 2.72. The van der Waals surface area contributed by atoms with Crippen LogP contribution in [0, 0.1) is 5.82 Å². The van der Waals surface area contributed by atoms with Crippen LogP contribution in [-0.2, 0) is 4.79 Å². The molecule has 0 aromatic heterocycles. The second-order valence-corrected chi connectivity index (χ2v) is 8.11. The number of benzene rings is 2. The van der Waals surface area contributed by atoms with Gasteiger partial charge in [-0.05, 0) is 17.7 Å². The SMILES string of the molecule is O=C(NC(COc1ccccc1F)c1ccccc1)C1CSCCS1. The Morgan fingerprint density at radius 2 is 1.92 bits per heavy atom. The Labute approximate surface area is 155 Å². The summed E-state index contributed by atoms with van der Waals surface area (Å²) >= 11 is 3.50. The van der Waals surface area contributed by atoms with Gasteiger partial charge in [0.05, 0.1) is 11.3 Å². The van der Waals surface area contributed by atoms with Gasteiger partial charge >= 0.3 is 0 Å². The van der Waals surface area contributed by atoms with Gasteiger partial charge in [-0.3, -0.25) is 4.79 Å². The zero-order chi connectivity index (χ0) is 17.5. The van der Waals surface area contributed by atoms with E-state index in [9.17, 15) is 9.18 Å². The van der Waals surface area contributed by atoms with Gasteiger partial charge in [-0.1, -0.05) is 42.5 Å². The average Bonchev–Trinajstić information content (AvgIpc) is 2.67. The minimum atomic E-state index is -0.403. The molecular formula is C19H20FNO2S2. The van der Waals surface area contributed by atoms with Gasteiger partial charge in [0.2, 0.25) is 5.91 Å². The minimum Gasteiger partial charge on any atom is -0.488 e. The zero-order valence-electron chi connectivity index (χ0n) is 13.7. The molecule has 1 saturated heterocycles. The maximum absolute atomic E-state index is 13.8. The van der Waals surface area contributed by atoms with Crippen LogP contribution in [0.3, 0.4) is 0 Å². The molecule has 2 aromatic carbocycles. The highest BCUT2D eigenvalue weighted by molar-refractivity contribution is 8.07. The molecule has 1 aliphatic heterocycles. The first-order chi connectivity index (χ1) is 12.2. The van der Waals surface area contributed by atoms with E-state index in [1.165, 1.54) is 6.07 Å². The van der Waals surface area contributed by atoms with Gasteiger partial charge in [-0.2, -0.15) is 11.8 Å². The summed E-state index contributed by atoms with van der Waals surface area (Å²) in [7, 11) is 0. The van der Waals surface area contributed by atoms with Crippen molar-refractivity contribution in [3.05, 3.63) is 66.0 Å². The third-order valence-corrected chi connectivity index (χ3v) is 6.62. The van der Waals surface area contributed by atoms with E-state index < -0.39 is 5.82 Å². The molecular weight excluding hydrogens is 357 g/mol. The van der Waals surface area contributed by atoms with Crippen LogP contribution in [-0.4, -0.2) is 35.0 Å². The average molecular weight is 378 g/mol. The molecule has 1 fully saturated rings. The maximum Gasteiger partial charge on any atom is 0.234 e. The van der Waals surface area contributed by atoms with E-state index in [-0.39, 0.29) is 29.6 Å². The van der Waals surface area contributed by atoms with Crippen molar-refractivity contribution in [1.29, 1.82) is 0 Å². The molecule has 6 heteroatoms. The molecule has 0 aliphatic carbocycles. The van der Waals surface area contributed by atoms with Crippen LogP contribution < -0.4 is 10.1 Å². The molecule has 3 nitrogen and oxygen atoms in total. The molecule has 132 valence electrons. The van der Waals surface area contributed by atoms with E-state index in [1.807, 2.05) is 30.3 Å². The quantitative estimate of drug-likeness (QED) is 0.828. The van der Waals surface area contributed by atoms with E-state index in [1.54, 1.807) is 41.7 Å². The smallest absolute Gasteiger partial charge is 0.234 e. The summed E-state index contributed by atoms with van der Waals surface area (Å²) < 4.78 is 19.4. The summed E-state index contributed by atoms with van der Waals surface area (Å²) in [5.41, 5.74) is 0.945. The van der Waals surface area contributed by atoms with Crippen LogP contribution in [0.5, 0.6) is 5.75 Å². The van der Waals surface area contributed by atoms with Crippen molar-refractivity contribution in [3.8, 4) is 5.75 Å². The van der Waals surface area contributed by atoms with E-state index in [0.29, 0.717) is 0 Å². The molecule has 0 radical (unpaired) electrons. The number of hydrogen-bond donors (Lipinski definition) is 1. The van der Waals surface area contributed by atoms with E-state index in [4.69, 9.17) is 4.74 Å². The van der Waals surface area contributed by atoms with E-state index in [0.717, 1.165) is 22.8 Å². The van der Waals surface area contributed by atoms with Crippen molar-refractivity contribution < 1.29 is 13.9 Å². The van der Waals surface area contributed by atoms with Gasteiger partial charge in [0.1, 0.15) is 6.61 Å². The summed E-state index contributed by atoms with van der Waals surface area (Å²) in [4.78, 5) is 12.6. The first-order valence-corrected chi connectivity index (χ1v) is 10.4. The van der Waals surface area contributed by atoms with Gasteiger partial charge in [0.25, 0.3) is 0 Å². The van der Waals surface area contributed by atoms with E-state index >= 15 is 0 Å². The molecule has 0 bridgehead atoms. The zero-order valence-corrected chi connectivity index (χ0v) is 15.3. The summed E-state index contributed by atoms with van der Waals surface area (Å²) in [6, 6.07) is 15.6. The van der Waals surface area contributed by atoms with Crippen LogP contribution in [0.4, 0.5) is 4.39 Å². The maximum atomic E-state index is 13.8. The van der Waals surface area contributed by atoms with Gasteiger partial charge < -0.3 is 10.1 Å². The highest BCUT2D eigenvalue weighted by Gasteiger charge is 2.25. The second kappa shape index (κ2) is 9.15. The number of carbonyl (C=O) groups excluding carboxylic acids is 1. The number of nitrogens with one attached hydrogen (secondary N) is 1. The fourth-order valence-electron chi connectivity index (χ4n) is 2.55. The Morgan fingerprint density at radius 3 is 2.64 bits per heavy atom. The monoisotopic (exact) mass is 377 g/mol. The molecule has 2 unspecified atom stereocenters. The second-order valence-electron chi connectivity index (χ2n) is 5.65. The Hall–Kier alpha value is -1.66. The van der Waals surface area contributed by atoms with Crippen molar-refractivity contribution in [2.45, 2.75) is 11.3 Å². The molecule has 3 rings (SSSR count). The first-order valence-electron chi connectivity index (χ1n) is 8.16. The number of halogens is 1. The normalized spacial score (nSPS) is 18.4. The van der Waals surface area contributed by atoms with Crippen LogP contribution >= 0.6 is 23.5 Å². The Balaban J connectivity index is 1.69. The van der Waals surface area contributed by atoms with Crippen molar-refractivity contribution >= 4 is 29.4 Å². The Morgan fingerprint density at radius 1 is 1.16 bits per heavy atom. The highest BCUT2D eigenvalue weighted by Crippen LogP contribution is 2.25. The third-order valence-electron chi connectivity index (χ3n) is 3.87. The molecule has 0 spiro atoms. The Kier molecular flexibility index (Phi) is 6.64.